The number of hydrogen-bond donors (Lipinski definition) is 1. The second-order valence-corrected chi connectivity index (χ2v) is 7.37. The first-order chi connectivity index (χ1) is 12.8. The van der Waals surface area contributed by atoms with E-state index in [1.165, 1.54) is 0 Å². The topological polar surface area (TPSA) is 72.8 Å². The van der Waals surface area contributed by atoms with Crippen LogP contribution in [0.1, 0.15) is 71.6 Å². The lowest BCUT2D eigenvalue weighted by atomic mass is 9.71. The maximum Gasteiger partial charge on any atom is 0.343 e. The Labute approximate surface area is 158 Å². The summed E-state index contributed by atoms with van der Waals surface area (Å²) in [7, 11) is 0. The van der Waals surface area contributed by atoms with E-state index in [1.54, 1.807) is 43.3 Å². The zero-order chi connectivity index (χ0) is 19.6. The first kappa shape index (κ1) is 19.1. The average Bonchev–Trinajstić information content (AvgIpc) is 2.65. The molecule has 1 atom stereocenters. The van der Waals surface area contributed by atoms with Crippen molar-refractivity contribution in [2.75, 3.05) is 6.61 Å². The fraction of sp³-hybridized carbons (Fsp3) is 0.364. The summed E-state index contributed by atoms with van der Waals surface area (Å²) in [4.78, 5) is 24.2. The van der Waals surface area contributed by atoms with Gasteiger partial charge >= 0.3 is 11.9 Å². The van der Waals surface area contributed by atoms with Gasteiger partial charge in [-0.25, -0.2) is 9.59 Å². The Hall–Kier alpha value is -2.66. The highest BCUT2D eigenvalue weighted by atomic mass is 16.5. The molecule has 1 N–H and O–H groups in total. The predicted octanol–water partition coefficient (Wildman–Crippen LogP) is 4.19. The summed E-state index contributed by atoms with van der Waals surface area (Å²) in [6.07, 6.45) is 1.01. The van der Waals surface area contributed by atoms with E-state index in [2.05, 4.69) is 13.8 Å². The minimum Gasteiger partial charge on any atom is -0.462 e. The lowest BCUT2D eigenvalue weighted by molar-refractivity contribution is 0.0526. The Kier molecular flexibility index (Phi) is 5.33. The Morgan fingerprint density at radius 2 is 1.74 bits per heavy atom. The smallest absolute Gasteiger partial charge is 0.343 e. The van der Waals surface area contributed by atoms with Gasteiger partial charge in [-0.2, -0.15) is 0 Å². The monoisotopic (exact) mass is 368 g/mol. The van der Waals surface area contributed by atoms with Crippen LogP contribution in [0.15, 0.2) is 42.5 Å². The third-order valence-corrected chi connectivity index (χ3v) is 4.99. The number of carbonyl (C=O) groups excluding carboxylic acids is 2. The van der Waals surface area contributed by atoms with E-state index in [0.717, 1.165) is 17.5 Å². The van der Waals surface area contributed by atoms with Gasteiger partial charge in [-0.15, -0.1) is 0 Å². The van der Waals surface area contributed by atoms with Crippen molar-refractivity contribution in [3.05, 3.63) is 64.7 Å². The van der Waals surface area contributed by atoms with Crippen molar-refractivity contribution in [1.29, 1.82) is 0 Å². The van der Waals surface area contributed by atoms with Gasteiger partial charge < -0.3 is 14.6 Å². The fourth-order valence-electron chi connectivity index (χ4n) is 3.41. The molecule has 2 aromatic carbocycles. The molecule has 0 spiro atoms. The van der Waals surface area contributed by atoms with Gasteiger partial charge in [0.1, 0.15) is 5.75 Å². The summed E-state index contributed by atoms with van der Waals surface area (Å²) >= 11 is 0. The van der Waals surface area contributed by atoms with Gasteiger partial charge in [-0.05, 0) is 72.7 Å². The number of ether oxygens (including phenoxy) is 2. The summed E-state index contributed by atoms with van der Waals surface area (Å²) < 4.78 is 10.3. The van der Waals surface area contributed by atoms with Gasteiger partial charge in [-0.3, -0.25) is 0 Å². The molecule has 5 heteroatoms. The standard InChI is InChI=1S/C22H24O5/c1-4-26-20(24)14-5-8-16(9-6-14)27-21(25)15-7-10-18-17(13-15)19(23)11-12-22(18,2)3/h5-10,13,19,23H,4,11-12H2,1-3H3. The van der Waals surface area contributed by atoms with Gasteiger partial charge in [0.15, 0.2) is 0 Å². The molecular weight excluding hydrogens is 344 g/mol. The second-order valence-electron chi connectivity index (χ2n) is 7.37. The van der Waals surface area contributed by atoms with Crippen molar-refractivity contribution >= 4 is 11.9 Å². The molecule has 0 heterocycles. The molecule has 2 aromatic rings. The van der Waals surface area contributed by atoms with Crippen LogP contribution in [0.5, 0.6) is 5.75 Å². The van der Waals surface area contributed by atoms with Crippen LogP contribution in [0.25, 0.3) is 0 Å². The van der Waals surface area contributed by atoms with E-state index < -0.39 is 18.0 Å². The lowest BCUT2D eigenvalue weighted by Crippen LogP contribution is -2.26. The van der Waals surface area contributed by atoms with Crippen molar-refractivity contribution in [3.8, 4) is 5.75 Å². The molecule has 0 bridgehead atoms. The fourth-order valence-corrected chi connectivity index (χ4v) is 3.41. The summed E-state index contributed by atoms with van der Waals surface area (Å²) in [5.41, 5.74) is 2.62. The number of aliphatic hydroxyl groups excluding tert-OH is 1. The average molecular weight is 368 g/mol. The summed E-state index contributed by atoms with van der Waals surface area (Å²) in [5, 5.41) is 10.3. The van der Waals surface area contributed by atoms with Crippen LogP contribution in [0.2, 0.25) is 0 Å². The van der Waals surface area contributed by atoms with E-state index in [-0.39, 0.29) is 5.41 Å². The van der Waals surface area contributed by atoms with E-state index in [4.69, 9.17) is 9.47 Å². The molecule has 1 aliphatic rings. The van der Waals surface area contributed by atoms with Crippen molar-refractivity contribution in [2.24, 2.45) is 0 Å². The molecule has 1 aliphatic carbocycles. The Bertz CT molecular complexity index is 852. The van der Waals surface area contributed by atoms with Crippen LogP contribution in [0.3, 0.4) is 0 Å². The van der Waals surface area contributed by atoms with Gasteiger partial charge in [0, 0.05) is 0 Å². The first-order valence-electron chi connectivity index (χ1n) is 9.13. The normalized spacial score (nSPS) is 17.7. The number of benzene rings is 2. The zero-order valence-electron chi connectivity index (χ0n) is 15.8. The number of carbonyl (C=O) groups is 2. The van der Waals surface area contributed by atoms with E-state index >= 15 is 0 Å². The molecule has 0 saturated heterocycles. The van der Waals surface area contributed by atoms with Crippen LogP contribution < -0.4 is 4.74 Å². The Balaban J connectivity index is 1.77. The van der Waals surface area contributed by atoms with Gasteiger partial charge in [0.2, 0.25) is 0 Å². The third-order valence-electron chi connectivity index (χ3n) is 4.99. The van der Waals surface area contributed by atoms with E-state index in [9.17, 15) is 14.7 Å². The molecule has 0 saturated carbocycles. The quantitative estimate of drug-likeness (QED) is 0.647. The van der Waals surface area contributed by atoms with Crippen LogP contribution in [0.4, 0.5) is 0 Å². The van der Waals surface area contributed by atoms with Gasteiger partial charge in [0.25, 0.3) is 0 Å². The van der Waals surface area contributed by atoms with Crippen LogP contribution in [-0.2, 0) is 10.2 Å². The maximum absolute atomic E-state index is 12.5. The molecule has 0 amide bonds. The van der Waals surface area contributed by atoms with E-state index in [0.29, 0.717) is 29.9 Å². The van der Waals surface area contributed by atoms with Gasteiger partial charge in [0.05, 0.1) is 23.8 Å². The molecule has 3 rings (SSSR count). The van der Waals surface area contributed by atoms with Crippen LogP contribution in [-0.4, -0.2) is 23.7 Å². The number of rotatable bonds is 4. The minimum absolute atomic E-state index is 0.0279. The Morgan fingerprint density at radius 3 is 2.41 bits per heavy atom. The predicted molar refractivity (Wildman–Crippen MR) is 101 cm³/mol. The second kappa shape index (κ2) is 7.53. The molecule has 0 aliphatic heterocycles. The molecule has 1 unspecified atom stereocenters. The van der Waals surface area contributed by atoms with Gasteiger partial charge in [-0.1, -0.05) is 19.9 Å². The molecule has 0 fully saturated rings. The number of hydrogen-bond acceptors (Lipinski definition) is 5. The SMILES string of the molecule is CCOC(=O)c1ccc(OC(=O)c2ccc3c(c2)C(O)CCC3(C)C)cc1. The van der Waals surface area contributed by atoms with Crippen LogP contribution >= 0.6 is 0 Å². The molecule has 0 radical (unpaired) electrons. The Morgan fingerprint density at radius 1 is 1.07 bits per heavy atom. The third kappa shape index (κ3) is 4.03. The molecule has 0 aromatic heterocycles. The van der Waals surface area contributed by atoms with Crippen molar-refractivity contribution in [1.82, 2.24) is 0 Å². The molecule has 142 valence electrons. The molecule has 5 nitrogen and oxygen atoms in total. The maximum atomic E-state index is 12.5. The van der Waals surface area contributed by atoms with E-state index in [1.807, 2.05) is 6.07 Å². The number of esters is 2. The summed E-state index contributed by atoms with van der Waals surface area (Å²) in [5.74, 6) is -0.578. The molecular formula is C22H24O5. The van der Waals surface area contributed by atoms with Crippen molar-refractivity contribution < 1.29 is 24.2 Å². The first-order valence-corrected chi connectivity index (χ1v) is 9.13. The summed E-state index contributed by atoms with van der Waals surface area (Å²) in [6, 6.07) is 11.6. The highest BCUT2D eigenvalue weighted by Gasteiger charge is 2.32. The summed E-state index contributed by atoms with van der Waals surface area (Å²) in [6.45, 7) is 6.32. The zero-order valence-corrected chi connectivity index (χ0v) is 15.8. The highest BCUT2D eigenvalue weighted by molar-refractivity contribution is 5.92. The lowest BCUT2D eigenvalue weighted by Gasteiger charge is -2.35. The largest absolute Gasteiger partial charge is 0.462 e. The van der Waals surface area contributed by atoms with Crippen LogP contribution in [0, 0.1) is 0 Å². The number of aliphatic hydroxyl groups is 1. The number of fused-ring (bicyclic) bond motifs is 1. The van der Waals surface area contributed by atoms with Crippen molar-refractivity contribution in [2.45, 2.75) is 45.1 Å². The highest BCUT2D eigenvalue weighted by Crippen LogP contribution is 2.41. The minimum atomic E-state index is -0.565. The molecule has 27 heavy (non-hydrogen) atoms. The van der Waals surface area contributed by atoms with Crippen molar-refractivity contribution in [3.63, 3.8) is 0 Å².